The molecule has 0 bridgehead atoms. The van der Waals surface area contributed by atoms with Crippen LogP contribution in [0.5, 0.6) is 5.75 Å². The largest absolute Gasteiger partial charge is 0.496 e. The van der Waals surface area contributed by atoms with E-state index in [2.05, 4.69) is 4.90 Å². The molecular weight excluding hydrogens is 278 g/mol. The van der Waals surface area contributed by atoms with Crippen molar-refractivity contribution in [3.05, 3.63) is 34.9 Å². The second kappa shape index (κ2) is 7.10. The van der Waals surface area contributed by atoms with Crippen LogP contribution in [0.3, 0.4) is 0 Å². The fourth-order valence-corrected chi connectivity index (χ4v) is 2.48. The van der Waals surface area contributed by atoms with Crippen molar-refractivity contribution in [1.29, 1.82) is 5.26 Å². The van der Waals surface area contributed by atoms with Gasteiger partial charge in [-0.3, -0.25) is 4.79 Å². The zero-order chi connectivity index (χ0) is 16.1. The van der Waals surface area contributed by atoms with Crippen molar-refractivity contribution < 1.29 is 9.53 Å². The zero-order valence-corrected chi connectivity index (χ0v) is 13.3. The summed E-state index contributed by atoms with van der Waals surface area (Å²) >= 11 is 0. The van der Waals surface area contributed by atoms with Gasteiger partial charge in [-0.15, -0.1) is 0 Å². The molecule has 1 amide bonds. The van der Waals surface area contributed by atoms with E-state index in [1.807, 2.05) is 38.2 Å². The van der Waals surface area contributed by atoms with Gasteiger partial charge < -0.3 is 14.5 Å². The topological polar surface area (TPSA) is 56.6 Å². The first-order valence-electron chi connectivity index (χ1n) is 7.29. The van der Waals surface area contributed by atoms with Crippen LogP contribution in [0.25, 0.3) is 6.08 Å². The minimum atomic E-state index is -0.191. The highest BCUT2D eigenvalue weighted by Gasteiger charge is 2.22. The number of amides is 1. The molecule has 2 rings (SSSR count). The SMILES string of the molecule is COc1ccc(/C=C(\C#N)C(=O)N2CCN(C)CC2)cc1C. The van der Waals surface area contributed by atoms with Crippen LogP contribution in [-0.2, 0) is 4.79 Å². The van der Waals surface area contributed by atoms with E-state index in [0.717, 1.165) is 30.0 Å². The molecule has 0 saturated carbocycles. The number of ether oxygens (including phenoxy) is 1. The fraction of sp³-hybridized carbons (Fsp3) is 0.412. The standard InChI is InChI=1S/C17H21N3O2/c1-13-10-14(4-5-16(13)22-3)11-15(12-18)17(21)20-8-6-19(2)7-9-20/h4-5,10-11H,6-9H2,1-3H3/b15-11+. The Hall–Kier alpha value is -2.32. The molecule has 0 aliphatic carbocycles. The van der Waals surface area contributed by atoms with Crippen LogP contribution in [0.4, 0.5) is 0 Å². The third-order valence-electron chi connectivity index (χ3n) is 3.87. The normalized spacial score (nSPS) is 16.3. The Morgan fingerprint density at radius 1 is 1.32 bits per heavy atom. The fourth-order valence-electron chi connectivity index (χ4n) is 2.48. The van der Waals surface area contributed by atoms with Gasteiger partial charge in [0.15, 0.2) is 0 Å². The molecule has 0 unspecified atom stereocenters. The number of nitrogens with zero attached hydrogens (tertiary/aromatic N) is 3. The van der Waals surface area contributed by atoms with E-state index in [4.69, 9.17) is 4.74 Å². The number of piperazine rings is 1. The number of benzene rings is 1. The first-order chi connectivity index (χ1) is 10.5. The van der Waals surface area contributed by atoms with Gasteiger partial charge in [0.05, 0.1) is 7.11 Å². The summed E-state index contributed by atoms with van der Waals surface area (Å²) in [5.74, 6) is 0.602. The molecule has 5 nitrogen and oxygen atoms in total. The van der Waals surface area contributed by atoms with Crippen molar-refractivity contribution in [2.24, 2.45) is 0 Å². The smallest absolute Gasteiger partial charge is 0.264 e. The number of carbonyl (C=O) groups excluding carboxylic acids is 1. The molecule has 1 aromatic carbocycles. The van der Waals surface area contributed by atoms with Crippen molar-refractivity contribution >= 4 is 12.0 Å². The molecular formula is C17H21N3O2. The van der Waals surface area contributed by atoms with E-state index in [9.17, 15) is 10.1 Å². The highest BCUT2D eigenvalue weighted by atomic mass is 16.5. The summed E-state index contributed by atoms with van der Waals surface area (Å²) in [5.41, 5.74) is 1.98. The summed E-state index contributed by atoms with van der Waals surface area (Å²) < 4.78 is 5.22. The van der Waals surface area contributed by atoms with Gasteiger partial charge in [0.25, 0.3) is 5.91 Å². The lowest BCUT2D eigenvalue weighted by Gasteiger charge is -2.32. The Kier molecular flexibility index (Phi) is 5.18. The van der Waals surface area contributed by atoms with Crippen LogP contribution in [0.15, 0.2) is 23.8 Å². The Balaban J connectivity index is 2.18. The molecule has 1 aliphatic rings. The molecule has 0 spiro atoms. The van der Waals surface area contributed by atoms with E-state index in [1.165, 1.54) is 0 Å². The van der Waals surface area contributed by atoms with Crippen LogP contribution in [0.2, 0.25) is 0 Å². The summed E-state index contributed by atoms with van der Waals surface area (Å²) in [4.78, 5) is 16.4. The monoisotopic (exact) mass is 299 g/mol. The minimum Gasteiger partial charge on any atom is -0.496 e. The van der Waals surface area contributed by atoms with Gasteiger partial charge in [-0.2, -0.15) is 5.26 Å². The number of hydrogen-bond donors (Lipinski definition) is 0. The predicted octanol–water partition coefficient (Wildman–Crippen LogP) is 1.68. The average Bonchev–Trinajstić information content (AvgIpc) is 2.53. The first-order valence-corrected chi connectivity index (χ1v) is 7.29. The molecule has 0 atom stereocenters. The average molecular weight is 299 g/mol. The number of methoxy groups -OCH3 is 1. The van der Waals surface area contributed by atoms with Gasteiger partial charge in [-0.05, 0) is 43.3 Å². The Morgan fingerprint density at radius 2 is 2.00 bits per heavy atom. The lowest BCUT2D eigenvalue weighted by Crippen LogP contribution is -2.47. The maximum Gasteiger partial charge on any atom is 0.264 e. The summed E-state index contributed by atoms with van der Waals surface area (Å²) in [6.45, 7) is 4.94. The lowest BCUT2D eigenvalue weighted by molar-refractivity contribution is -0.128. The molecule has 5 heteroatoms. The van der Waals surface area contributed by atoms with E-state index in [1.54, 1.807) is 18.1 Å². The minimum absolute atomic E-state index is 0.175. The van der Waals surface area contributed by atoms with E-state index >= 15 is 0 Å². The predicted molar refractivity (Wildman–Crippen MR) is 85.4 cm³/mol. The number of aryl methyl sites for hydroxylation is 1. The lowest BCUT2D eigenvalue weighted by atomic mass is 10.1. The number of likely N-dealkylation sites (N-methyl/N-ethyl adjacent to an activating group) is 1. The van der Waals surface area contributed by atoms with Crippen molar-refractivity contribution in [1.82, 2.24) is 9.80 Å². The number of nitriles is 1. The van der Waals surface area contributed by atoms with Gasteiger partial charge in [-0.1, -0.05) is 6.07 Å². The van der Waals surface area contributed by atoms with Gasteiger partial charge in [0.1, 0.15) is 17.4 Å². The Morgan fingerprint density at radius 3 is 2.55 bits per heavy atom. The molecule has 1 aliphatic heterocycles. The maximum absolute atomic E-state index is 12.4. The van der Waals surface area contributed by atoms with Crippen molar-refractivity contribution in [3.8, 4) is 11.8 Å². The molecule has 116 valence electrons. The number of carbonyl (C=O) groups is 1. The molecule has 0 radical (unpaired) electrons. The van der Waals surface area contributed by atoms with E-state index in [-0.39, 0.29) is 11.5 Å². The molecule has 0 aromatic heterocycles. The van der Waals surface area contributed by atoms with Crippen LogP contribution in [0, 0.1) is 18.3 Å². The van der Waals surface area contributed by atoms with Gasteiger partial charge in [0, 0.05) is 26.2 Å². The first kappa shape index (κ1) is 16.1. The number of rotatable bonds is 3. The van der Waals surface area contributed by atoms with Crippen LogP contribution in [-0.4, -0.2) is 56.0 Å². The van der Waals surface area contributed by atoms with Crippen molar-refractivity contribution in [3.63, 3.8) is 0 Å². The van der Waals surface area contributed by atoms with Gasteiger partial charge in [0.2, 0.25) is 0 Å². The molecule has 1 aromatic rings. The third-order valence-corrected chi connectivity index (χ3v) is 3.87. The molecule has 1 heterocycles. The summed E-state index contributed by atoms with van der Waals surface area (Å²) in [6, 6.07) is 7.63. The highest BCUT2D eigenvalue weighted by molar-refractivity contribution is 6.01. The summed E-state index contributed by atoms with van der Waals surface area (Å²) in [6.07, 6.45) is 1.65. The van der Waals surface area contributed by atoms with Crippen LogP contribution < -0.4 is 4.74 Å². The Bertz CT molecular complexity index is 623. The number of hydrogen-bond acceptors (Lipinski definition) is 4. The highest BCUT2D eigenvalue weighted by Crippen LogP contribution is 2.20. The second-order valence-corrected chi connectivity index (χ2v) is 5.49. The van der Waals surface area contributed by atoms with E-state index < -0.39 is 0 Å². The van der Waals surface area contributed by atoms with Gasteiger partial charge in [-0.25, -0.2) is 0 Å². The van der Waals surface area contributed by atoms with Crippen molar-refractivity contribution in [2.75, 3.05) is 40.3 Å². The van der Waals surface area contributed by atoms with Gasteiger partial charge >= 0.3 is 0 Å². The molecule has 22 heavy (non-hydrogen) atoms. The molecule has 0 N–H and O–H groups in total. The third kappa shape index (κ3) is 3.66. The van der Waals surface area contributed by atoms with E-state index in [0.29, 0.717) is 13.1 Å². The Labute approximate surface area is 131 Å². The summed E-state index contributed by atoms with van der Waals surface area (Å²) in [7, 11) is 3.65. The van der Waals surface area contributed by atoms with Crippen LogP contribution >= 0.6 is 0 Å². The quantitative estimate of drug-likeness (QED) is 0.629. The van der Waals surface area contributed by atoms with Crippen LogP contribution in [0.1, 0.15) is 11.1 Å². The zero-order valence-electron chi connectivity index (χ0n) is 13.3. The summed E-state index contributed by atoms with van der Waals surface area (Å²) in [5, 5.41) is 9.31. The van der Waals surface area contributed by atoms with Crippen molar-refractivity contribution in [2.45, 2.75) is 6.92 Å². The maximum atomic E-state index is 12.4. The molecule has 1 saturated heterocycles. The second-order valence-electron chi connectivity index (χ2n) is 5.49. The molecule has 1 fully saturated rings.